The molecule has 1 aromatic heterocycles. The number of nitrogens with two attached hydrogens (primary N) is 1. The number of aromatic nitrogens is 2. The van der Waals surface area contributed by atoms with Crippen molar-refractivity contribution in [1.29, 1.82) is 0 Å². The molecule has 0 saturated heterocycles. The summed E-state index contributed by atoms with van der Waals surface area (Å²) in [6, 6.07) is 10.3. The van der Waals surface area contributed by atoms with Crippen LogP contribution in [-0.2, 0) is 4.79 Å². The molecule has 2 aromatic carbocycles. The Labute approximate surface area is 166 Å². The number of fused-ring (bicyclic) bond motifs is 1. The summed E-state index contributed by atoms with van der Waals surface area (Å²) in [7, 11) is 2.91. The van der Waals surface area contributed by atoms with Crippen LogP contribution >= 0.6 is 0 Å². The first-order chi connectivity index (χ1) is 13.9. The highest BCUT2D eigenvalue weighted by Gasteiger charge is 2.15. The Morgan fingerprint density at radius 1 is 1.21 bits per heavy atom. The standard InChI is InChI=1S/C20H20N4O5/c1-12-23-15-7-5-4-6-14(15)20(26)24(12)22-10-13-8-16(27-2)19(17(9-13)28-3)29-11-18(21)25/h4-10H,11H2,1-3H3,(H2,21,25). The molecule has 150 valence electrons. The van der Waals surface area contributed by atoms with Gasteiger partial charge in [-0.2, -0.15) is 9.78 Å². The molecule has 3 rings (SSSR count). The molecule has 0 bridgehead atoms. The molecule has 0 fully saturated rings. The predicted molar refractivity (Wildman–Crippen MR) is 108 cm³/mol. The lowest BCUT2D eigenvalue weighted by Crippen LogP contribution is -2.21. The van der Waals surface area contributed by atoms with Gasteiger partial charge in [0.2, 0.25) is 5.75 Å². The predicted octanol–water partition coefficient (Wildman–Crippen LogP) is 1.47. The van der Waals surface area contributed by atoms with E-state index in [4.69, 9.17) is 19.9 Å². The maximum absolute atomic E-state index is 12.7. The number of nitrogens with zero attached hydrogens (tertiary/aromatic N) is 3. The monoisotopic (exact) mass is 396 g/mol. The molecule has 0 aliphatic carbocycles. The summed E-state index contributed by atoms with van der Waals surface area (Å²) in [6.45, 7) is 1.38. The number of hydrogen-bond donors (Lipinski definition) is 1. The van der Waals surface area contributed by atoms with Gasteiger partial charge in [-0.3, -0.25) is 9.59 Å². The molecule has 0 aliphatic heterocycles. The van der Waals surface area contributed by atoms with Crippen LogP contribution in [0.4, 0.5) is 0 Å². The first kappa shape index (κ1) is 19.9. The largest absolute Gasteiger partial charge is 0.493 e. The highest BCUT2D eigenvalue weighted by atomic mass is 16.5. The molecular formula is C20H20N4O5. The van der Waals surface area contributed by atoms with Gasteiger partial charge in [0.05, 0.1) is 31.3 Å². The summed E-state index contributed by atoms with van der Waals surface area (Å²) >= 11 is 0. The van der Waals surface area contributed by atoms with Crippen LogP contribution in [0, 0.1) is 6.92 Å². The second-order valence-electron chi connectivity index (χ2n) is 6.05. The molecule has 0 atom stereocenters. The number of aryl methyl sites for hydroxylation is 1. The molecule has 0 aliphatic rings. The number of rotatable bonds is 7. The summed E-state index contributed by atoms with van der Waals surface area (Å²) in [4.78, 5) is 28.1. The fourth-order valence-corrected chi connectivity index (χ4v) is 2.76. The smallest absolute Gasteiger partial charge is 0.282 e. The number of hydrogen-bond acceptors (Lipinski definition) is 7. The van der Waals surface area contributed by atoms with Gasteiger partial charge in [0.25, 0.3) is 11.5 Å². The number of carbonyl (C=O) groups is 1. The van der Waals surface area contributed by atoms with Gasteiger partial charge in [0.1, 0.15) is 5.82 Å². The molecule has 0 unspecified atom stereocenters. The van der Waals surface area contributed by atoms with E-state index in [0.717, 1.165) is 0 Å². The summed E-state index contributed by atoms with van der Waals surface area (Å²) in [5, 5.41) is 4.74. The highest BCUT2D eigenvalue weighted by Crippen LogP contribution is 2.38. The molecule has 3 aromatic rings. The summed E-state index contributed by atoms with van der Waals surface area (Å²) in [5.41, 5.74) is 6.05. The van der Waals surface area contributed by atoms with Crippen molar-refractivity contribution in [2.75, 3.05) is 20.8 Å². The van der Waals surface area contributed by atoms with Crippen molar-refractivity contribution in [2.24, 2.45) is 10.8 Å². The van der Waals surface area contributed by atoms with Crippen LogP contribution in [0.15, 0.2) is 46.3 Å². The van der Waals surface area contributed by atoms with E-state index >= 15 is 0 Å². The molecule has 29 heavy (non-hydrogen) atoms. The van der Waals surface area contributed by atoms with E-state index in [1.54, 1.807) is 37.3 Å². The normalized spacial score (nSPS) is 11.0. The van der Waals surface area contributed by atoms with Crippen LogP contribution in [0.1, 0.15) is 11.4 Å². The second-order valence-corrected chi connectivity index (χ2v) is 6.05. The molecule has 9 nitrogen and oxygen atoms in total. The first-order valence-electron chi connectivity index (χ1n) is 8.64. The van der Waals surface area contributed by atoms with E-state index in [1.165, 1.54) is 25.1 Å². The van der Waals surface area contributed by atoms with Crippen molar-refractivity contribution in [3.63, 3.8) is 0 Å². The lowest BCUT2D eigenvalue weighted by Gasteiger charge is -2.14. The van der Waals surface area contributed by atoms with Crippen LogP contribution in [0.2, 0.25) is 0 Å². The Balaban J connectivity index is 2.02. The van der Waals surface area contributed by atoms with Crippen LogP contribution in [0.25, 0.3) is 10.9 Å². The lowest BCUT2D eigenvalue weighted by molar-refractivity contribution is -0.120. The lowest BCUT2D eigenvalue weighted by atomic mass is 10.2. The Kier molecular flexibility index (Phi) is 5.77. The van der Waals surface area contributed by atoms with Gasteiger partial charge in [-0.25, -0.2) is 4.98 Å². The van der Waals surface area contributed by atoms with Crippen molar-refractivity contribution >= 4 is 23.0 Å². The summed E-state index contributed by atoms with van der Waals surface area (Å²) < 4.78 is 17.2. The van der Waals surface area contributed by atoms with E-state index in [0.29, 0.717) is 33.8 Å². The third-order valence-corrected chi connectivity index (χ3v) is 4.08. The molecule has 2 N–H and O–H groups in total. The molecular weight excluding hydrogens is 376 g/mol. The molecule has 0 spiro atoms. The number of benzene rings is 2. The van der Waals surface area contributed by atoms with Crippen LogP contribution < -0.4 is 25.5 Å². The Morgan fingerprint density at radius 2 is 1.86 bits per heavy atom. The van der Waals surface area contributed by atoms with Gasteiger partial charge < -0.3 is 19.9 Å². The summed E-state index contributed by atoms with van der Waals surface area (Å²) in [6.07, 6.45) is 1.48. The van der Waals surface area contributed by atoms with Crippen molar-refractivity contribution < 1.29 is 19.0 Å². The van der Waals surface area contributed by atoms with E-state index in [-0.39, 0.29) is 17.9 Å². The fraction of sp³-hybridized carbons (Fsp3) is 0.200. The van der Waals surface area contributed by atoms with Gasteiger partial charge in [-0.05, 0) is 31.2 Å². The Hall–Kier alpha value is -3.88. The molecule has 0 saturated carbocycles. The van der Waals surface area contributed by atoms with Crippen molar-refractivity contribution in [3.8, 4) is 17.2 Å². The minimum Gasteiger partial charge on any atom is -0.493 e. The number of amides is 1. The second kappa shape index (κ2) is 8.42. The zero-order valence-corrected chi connectivity index (χ0v) is 16.2. The van der Waals surface area contributed by atoms with E-state index < -0.39 is 5.91 Å². The van der Waals surface area contributed by atoms with Gasteiger partial charge in [-0.15, -0.1) is 0 Å². The minimum atomic E-state index is -0.626. The molecule has 0 radical (unpaired) electrons. The highest BCUT2D eigenvalue weighted by molar-refractivity contribution is 5.83. The zero-order valence-electron chi connectivity index (χ0n) is 16.2. The van der Waals surface area contributed by atoms with Gasteiger partial charge in [0.15, 0.2) is 18.1 Å². The van der Waals surface area contributed by atoms with Crippen molar-refractivity contribution in [1.82, 2.24) is 9.66 Å². The zero-order chi connectivity index (χ0) is 21.0. The number of para-hydroxylation sites is 1. The third-order valence-electron chi connectivity index (χ3n) is 4.08. The first-order valence-corrected chi connectivity index (χ1v) is 8.64. The SMILES string of the molecule is COc1cc(C=Nn2c(C)nc3ccccc3c2=O)cc(OC)c1OCC(N)=O. The van der Waals surface area contributed by atoms with Crippen molar-refractivity contribution in [3.05, 3.63) is 58.1 Å². The number of carbonyl (C=O) groups excluding carboxylic acids is 1. The number of ether oxygens (including phenoxy) is 3. The van der Waals surface area contributed by atoms with E-state index in [2.05, 4.69) is 10.1 Å². The molecule has 1 amide bonds. The Bertz CT molecular complexity index is 1130. The van der Waals surface area contributed by atoms with Crippen LogP contribution in [0.5, 0.6) is 17.2 Å². The minimum absolute atomic E-state index is 0.242. The average molecular weight is 396 g/mol. The van der Waals surface area contributed by atoms with Gasteiger partial charge in [0, 0.05) is 5.56 Å². The van der Waals surface area contributed by atoms with Crippen molar-refractivity contribution in [2.45, 2.75) is 6.92 Å². The third kappa shape index (κ3) is 4.18. The van der Waals surface area contributed by atoms with Gasteiger partial charge >= 0.3 is 0 Å². The van der Waals surface area contributed by atoms with E-state index in [1.807, 2.05) is 6.07 Å². The Morgan fingerprint density at radius 3 is 2.48 bits per heavy atom. The maximum Gasteiger partial charge on any atom is 0.282 e. The fourth-order valence-electron chi connectivity index (χ4n) is 2.76. The average Bonchev–Trinajstić information content (AvgIpc) is 2.71. The van der Waals surface area contributed by atoms with E-state index in [9.17, 15) is 9.59 Å². The molecule has 9 heteroatoms. The molecule has 1 heterocycles. The quantitative estimate of drug-likeness (QED) is 0.604. The van der Waals surface area contributed by atoms with Crippen LogP contribution in [0.3, 0.4) is 0 Å². The number of primary amides is 1. The maximum atomic E-state index is 12.7. The summed E-state index contributed by atoms with van der Waals surface area (Å²) in [5.74, 6) is 0.718. The topological polar surface area (TPSA) is 118 Å². The number of methoxy groups -OCH3 is 2. The van der Waals surface area contributed by atoms with Crippen LogP contribution in [-0.4, -0.2) is 42.6 Å². The van der Waals surface area contributed by atoms with Gasteiger partial charge in [-0.1, -0.05) is 12.1 Å².